The van der Waals surface area contributed by atoms with E-state index in [1.165, 1.54) is 30.3 Å². The summed E-state index contributed by atoms with van der Waals surface area (Å²) in [6, 6.07) is 12.1. The van der Waals surface area contributed by atoms with E-state index in [0.717, 1.165) is 0 Å². The second-order valence-corrected chi connectivity index (χ2v) is 3.82. The van der Waals surface area contributed by atoms with E-state index < -0.39 is 0 Å². The van der Waals surface area contributed by atoms with Crippen molar-refractivity contribution in [2.24, 2.45) is 0 Å². The van der Waals surface area contributed by atoms with Crippen LogP contribution in [0.3, 0.4) is 0 Å². The number of carbonyl (C=O) groups excluding carboxylic acids is 1. The van der Waals surface area contributed by atoms with Crippen LogP contribution >= 0.6 is 0 Å². The average molecular weight is 245 g/mol. The number of hydrogen-bond donors (Lipinski definition) is 2. The first kappa shape index (κ1) is 12.1. The van der Waals surface area contributed by atoms with E-state index in [9.17, 15) is 9.18 Å². The van der Waals surface area contributed by atoms with Crippen LogP contribution in [0.15, 0.2) is 48.5 Å². The van der Waals surface area contributed by atoms with E-state index in [1.807, 2.05) is 0 Å². The number of halogens is 1. The van der Waals surface area contributed by atoms with Crippen molar-refractivity contribution in [3.63, 3.8) is 0 Å². The smallest absolute Gasteiger partial charge is 0.251 e. The second-order valence-electron chi connectivity index (χ2n) is 3.82. The Balaban J connectivity index is 2.01. The van der Waals surface area contributed by atoms with E-state index in [1.54, 1.807) is 18.2 Å². The molecular formula is C14H12FNO2. The number of carbonyl (C=O) groups is 1. The van der Waals surface area contributed by atoms with Gasteiger partial charge in [-0.15, -0.1) is 0 Å². The van der Waals surface area contributed by atoms with E-state index in [0.29, 0.717) is 11.1 Å². The fraction of sp³-hybridized carbons (Fsp3) is 0.0714. The van der Waals surface area contributed by atoms with Crippen LogP contribution in [0.25, 0.3) is 0 Å². The van der Waals surface area contributed by atoms with Crippen LogP contribution in [0.4, 0.5) is 4.39 Å². The van der Waals surface area contributed by atoms with Crippen molar-refractivity contribution in [3.05, 3.63) is 65.5 Å². The summed E-state index contributed by atoms with van der Waals surface area (Å²) in [5.41, 5.74) is 0.855. The molecule has 2 rings (SSSR count). The molecule has 2 N–H and O–H groups in total. The van der Waals surface area contributed by atoms with Crippen LogP contribution in [-0.2, 0) is 6.54 Å². The first-order valence-corrected chi connectivity index (χ1v) is 5.47. The van der Waals surface area contributed by atoms with Gasteiger partial charge in [0, 0.05) is 17.7 Å². The molecule has 2 aromatic carbocycles. The molecule has 92 valence electrons. The number of nitrogens with one attached hydrogen (secondary N) is 1. The molecule has 0 atom stereocenters. The van der Waals surface area contributed by atoms with Gasteiger partial charge in [0.05, 0.1) is 0 Å². The van der Waals surface area contributed by atoms with E-state index >= 15 is 0 Å². The van der Waals surface area contributed by atoms with Crippen molar-refractivity contribution in [1.82, 2.24) is 5.32 Å². The topological polar surface area (TPSA) is 49.3 Å². The third-order valence-corrected chi connectivity index (χ3v) is 2.53. The number of aromatic hydroxyl groups is 1. The normalized spacial score (nSPS) is 10.1. The van der Waals surface area contributed by atoms with Crippen LogP contribution in [0.1, 0.15) is 15.9 Å². The molecule has 0 fully saturated rings. The molecule has 0 aromatic heterocycles. The maximum atomic E-state index is 13.3. The second kappa shape index (κ2) is 5.31. The van der Waals surface area contributed by atoms with Crippen molar-refractivity contribution >= 4 is 5.91 Å². The zero-order chi connectivity index (χ0) is 13.0. The van der Waals surface area contributed by atoms with Crippen molar-refractivity contribution < 1.29 is 14.3 Å². The average Bonchev–Trinajstić information content (AvgIpc) is 2.38. The maximum Gasteiger partial charge on any atom is 0.251 e. The van der Waals surface area contributed by atoms with Gasteiger partial charge in [-0.1, -0.05) is 18.2 Å². The predicted molar refractivity (Wildman–Crippen MR) is 65.7 cm³/mol. The Morgan fingerprint density at radius 2 is 1.78 bits per heavy atom. The highest BCUT2D eigenvalue weighted by Gasteiger charge is 2.06. The van der Waals surface area contributed by atoms with E-state index in [2.05, 4.69) is 5.32 Å². The zero-order valence-electron chi connectivity index (χ0n) is 9.56. The summed E-state index contributed by atoms with van der Waals surface area (Å²) in [4.78, 5) is 11.7. The van der Waals surface area contributed by atoms with Crippen LogP contribution in [0.5, 0.6) is 5.75 Å². The lowest BCUT2D eigenvalue weighted by molar-refractivity contribution is 0.0950. The van der Waals surface area contributed by atoms with Gasteiger partial charge in [0.2, 0.25) is 0 Å². The molecule has 0 spiro atoms. The molecule has 1 amide bonds. The number of phenols is 1. The number of hydrogen-bond acceptors (Lipinski definition) is 2. The molecule has 0 radical (unpaired) electrons. The molecule has 0 unspecified atom stereocenters. The lowest BCUT2D eigenvalue weighted by Crippen LogP contribution is -2.23. The highest BCUT2D eigenvalue weighted by atomic mass is 19.1. The highest BCUT2D eigenvalue weighted by Crippen LogP contribution is 2.10. The number of amides is 1. The van der Waals surface area contributed by atoms with Gasteiger partial charge < -0.3 is 10.4 Å². The molecule has 0 aliphatic carbocycles. The van der Waals surface area contributed by atoms with Gasteiger partial charge in [-0.3, -0.25) is 4.79 Å². The summed E-state index contributed by atoms with van der Waals surface area (Å²) < 4.78 is 13.3. The molecule has 0 saturated carbocycles. The minimum atomic E-state index is -0.344. The van der Waals surface area contributed by atoms with Gasteiger partial charge in [0.25, 0.3) is 5.91 Å². The quantitative estimate of drug-likeness (QED) is 0.872. The first-order chi connectivity index (χ1) is 8.66. The fourth-order valence-corrected chi connectivity index (χ4v) is 1.53. The van der Waals surface area contributed by atoms with Crippen LogP contribution in [0.2, 0.25) is 0 Å². The monoisotopic (exact) mass is 245 g/mol. The Morgan fingerprint density at radius 3 is 2.44 bits per heavy atom. The Kier molecular flexibility index (Phi) is 3.57. The van der Waals surface area contributed by atoms with Crippen LogP contribution in [0, 0.1) is 5.82 Å². The van der Waals surface area contributed by atoms with Crippen LogP contribution in [-0.4, -0.2) is 11.0 Å². The largest absolute Gasteiger partial charge is 0.508 e. The molecule has 0 aliphatic rings. The first-order valence-electron chi connectivity index (χ1n) is 5.47. The Morgan fingerprint density at radius 1 is 1.11 bits per heavy atom. The number of benzene rings is 2. The number of rotatable bonds is 3. The molecule has 0 heterocycles. The molecule has 4 heteroatoms. The molecular weight excluding hydrogens is 233 g/mol. The molecule has 0 bridgehead atoms. The Bertz CT molecular complexity index is 552. The zero-order valence-corrected chi connectivity index (χ0v) is 9.56. The summed E-state index contributed by atoms with van der Waals surface area (Å²) >= 11 is 0. The van der Waals surface area contributed by atoms with Gasteiger partial charge in [0.15, 0.2) is 0 Å². The summed E-state index contributed by atoms with van der Waals surface area (Å²) in [6.45, 7) is 0.131. The van der Waals surface area contributed by atoms with E-state index in [4.69, 9.17) is 5.11 Å². The molecule has 3 nitrogen and oxygen atoms in total. The van der Waals surface area contributed by atoms with Gasteiger partial charge in [-0.25, -0.2) is 4.39 Å². The fourth-order valence-electron chi connectivity index (χ4n) is 1.53. The molecule has 0 aliphatic heterocycles. The van der Waals surface area contributed by atoms with Gasteiger partial charge >= 0.3 is 0 Å². The van der Waals surface area contributed by atoms with E-state index in [-0.39, 0.29) is 24.0 Å². The van der Waals surface area contributed by atoms with Crippen molar-refractivity contribution in [2.45, 2.75) is 6.54 Å². The lowest BCUT2D eigenvalue weighted by Gasteiger charge is -2.06. The molecule has 18 heavy (non-hydrogen) atoms. The lowest BCUT2D eigenvalue weighted by atomic mass is 10.2. The van der Waals surface area contributed by atoms with Crippen molar-refractivity contribution in [2.75, 3.05) is 0 Å². The summed E-state index contributed by atoms with van der Waals surface area (Å²) in [5, 5.41) is 11.7. The molecule has 2 aromatic rings. The summed E-state index contributed by atoms with van der Waals surface area (Å²) in [7, 11) is 0. The summed E-state index contributed by atoms with van der Waals surface area (Å²) in [5.74, 6) is -0.553. The SMILES string of the molecule is O=C(NCc1ccccc1F)c1ccc(O)cc1. The minimum Gasteiger partial charge on any atom is -0.508 e. The third kappa shape index (κ3) is 2.85. The molecule has 0 saturated heterocycles. The maximum absolute atomic E-state index is 13.3. The van der Waals surface area contributed by atoms with Crippen molar-refractivity contribution in [1.29, 1.82) is 0 Å². The highest BCUT2D eigenvalue weighted by molar-refractivity contribution is 5.94. The Labute approximate surface area is 104 Å². The van der Waals surface area contributed by atoms with Gasteiger partial charge in [-0.2, -0.15) is 0 Å². The standard InChI is InChI=1S/C14H12FNO2/c15-13-4-2-1-3-11(13)9-16-14(18)10-5-7-12(17)8-6-10/h1-8,17H,9H2,(H,16,18). The van der Waals surface area contributed by atoms with Crippen LogP contribution < -0.4 is 5.32 Å². The van der Waals surface area contributed by atoms with Gasteiger partial charge in [-0.05, 0) is 30.3 Å². The van der Waals surface area contributed by atoms with Gasteiger partial charge in [0.1, 0.15) is 11.6 Å². The summed E-state index contributed by atoms with van der Waals surface area (Å²) in [6.07, 6.45) is 0. The van der Waals surface area contributed by atoms with Crippen molar-refractivity contribution in [3.8, 4) is 5.75 Å². The minimum absolute atomic E-state index is 0.0978. The predicted octanol–water partition coefficient (Wildman–Crippen LogP) is 2.46. The number of phenolic OH excluding ortho intramolecular Hbond substituents is 1. The third-order valence-electron chi connectivity index (χ3n) is 2.53. The Hall–Kier alpha value is -2.36.